The Morgan fingerprint density at radius 1 is 1.28 bits per heavy atom. The number of carbonyl (C=O) groups excluding carboxylic acids is 1. The first-order valence-electron chi connectivity index (χ1n) is 5.69. The predicted octanol–water partition coefficient (Wildman–Crippen LogP) is -0.287. The minimum atomic E-state index is -0.547. The number of anilines is 2. The van der Waals surface area contributed by atoms with Gasteiger partial charge in [-0.1, -0.05) is 6.92 Å². The molecule has 2 amide bonds. The number of primary amides is 1. The summed E-state index contributed by atoms with van der Waals surface area (Å²) in [5, 5.41) is 5.59. The molecule has 8 heteroatoms. The molecule has 0 bridgehead atoms. The lowest BCUT2D eigenvalue weighted by Crippen LogP contribution is -2.33. The molecule has 0 aromatic carbocycles. The highest BCUT2D eigenvalue weighted by Crippen LogP contribution is 2.18. The Labute approximate surface area is 106 Å². The quantitative estimate of drug-likeness (QED) is 0.269. The largest absolute Gasteiger partial charge is 0.368 e. The van der Waals surface area contributed by atoms with Gasteiger partial charge in [0.15, 0.2) is 0 Å². The molecule has 0 aliphatic carbocycles. The van der Waals surface area contributed by atoms with Crippen molar-refractivity contribution >= 4 is 17.7 Å². The molecule has 0 spiro atoms. The Balaban J connectivity index is 2.71. The Morgan fingerprint density at radius 3 is 2.50 bits per heavy atom. The second-order valence-corrected chi connectivity index (χ2v) is 3.68. The number of carbonyl (C=O) groups is 1. The smallest absolute Gasteiger partial charge is 0.312 e. The zero-order valence-electron chi connectivity index (χ0n) is 10.6. The van der Waals surface area contributed by atoms with Gasteiger partial charge in [0.2, 0.25) is 0 Å². The van der Waals surface area contributed by atoms with Crippen molar-refractivity contribution in [3.63, 3.8) is 0 Å². The summed E-state index contributed by atoms with van der Waals surface area (Å²) in [5.41, 5.74) is 8.33. The number of urea groups is 1. The van der Waals surface area contributed by atoms with Crippen LogP contribution in [0.3, 0.4) is 0 Å². The molecule has 1 rings (SSSR count). The lowest BCUT2D eigenvalue weighted by Gasteiger charge is -2.13. The number of nitrogens with one attached hydrogen (secondary N) is 3. The van der Waals surface area contributed by atoms with Crippen LogP contribution in [0, 0.1) is 6.92 Å². The molecule has 100 valence electrons. The molecule has 0 radical (unpaired) electrons. The second kappa shape index (κ2) is 6.60. The maximum absolute atomic E-state index is 10.5. The van der Waals surface area contributed by atoms with Crippen molar-refractivity contribution in [2.45, 2.75) is 20.3 Å². The maximum Gasteiger partial charge on any atom is 0.312 e. The standard InChI is InChI=1S/C10H19N7O/c1-3-7-15-8(6(2)9(16-7)17-12)13-4-5-14-10(11)18/h3-5,12H2,1-2H3,(H3,11,14,18)(H2,13,15,16,17). The van der Waals surface area contributed by atoms with Crippen molar-refractivity contribution in [3.8, 4) is 0 Å². The zero-order chi connectivity index (χ0) is 13.5. The summed E-state index contributed by atoms with van der Waals surface area (Å²) in [6.45, 7) is 4.77. The van der Waals surface area contributed by atoms with Gasteiger partial charge in [-0.05, 0) is 6.92 Å². The third-order valence-electron chi connectivity index (χ3n) is 2.36. The van der Waals surface area contributed by atoms with Crippen molar-refractivity contribution < 1.29 is 4.79 Å². The van der Waals surface area contributed by atoms with Crippen LogP contribution in [-0.2, 0) is 6.42 Å². The van der Waals surface area contributed by atoms with Crippen molar-refractivity contribution in [3.05, 3.63) is 11.4 Å². The van der Waals surface area contributed by atoms with E-state index in [9.17, 15) is 4.79 Å². The van der Waals surface area contributed by atoms with Crippen LogP contribution in [0.2, 0.25) is 0 Å². The van der Waals surface area contributed by atoms with E-state index in [4.69, 9.17) is 11.6 Å². The highest BCUT2D eigenvalue weighted by molar-refractivity contribution is 5.71. The fourth-order valence-electron chi connectivity index (χ4n) is 1.40. The SMILES string of the molecule is CCc1nc(NN)c(C)c(NCCNC(N)=O)n1. The van der Waals surface area contributed by atoms with Crippen LogP contribution >= 0.6 is 0 Å². The molecule has 0 saturated heterocycles. The molecule has 0 atom stereocenters. The molecular formula is C10H19N7O. The molecule has 0 fully saturated rings. The summed E-state index contributed by atoms with van der Waals surface area (Å²) in [7, 11) is 0. The van der Waals surface area contributed by atoms with Gasteiger partial charge in [0.25, 0.3) is 0 Å². The molecular weight excluding hydrogens is 234 g/mol. The van der Waals surface area contributed by atoms with E-state index < -0.39 is 6.03 Å². The summed E-state index contributed by atoms with van der Waals surface area (Å²) in [4.78, 5) is 19.1. The van der Waals surface area contributed by atoms with Gasteiger partial charge in [0.05, 0.1) is 0 Å². The summed E-state index contributed by atoms with van der Waals surface area (Å²) in [5.74, 6) is 7.37. The van der Waals surface area contributed by atoms with E-state index >= 15 is 0 Å². The summed E-state index contributed by atoms with van der Waals surface area (Å²) in [6, 6.07) is -0.547. The number of rotatable bonds is 6. The monoisotopic (exact) mass is 253 g/mol. The number of aryl methyl sites for hydroxylation is 1. The fraction of sp³-hybridized carbons (Fsp3) is 0.500. The lowest BCUT2D eigenvalue weighted by atomic mass is 10.3. The molecule has 7 N–H and O–H groups in total. The van der Waals surface area contributed by atoms with Gasteiger partial charge < -0.3 is 21.8 Å². The van der Waals surface area contributed by atoms with E-state index in [1.807, 2.05) is 13.8 Å². The summed E-state index contributed by atoms with van der Waals surface area (Å²) in [6.07, 6.45) is 0.711. The van der Waals surface area contributed by atoms with E-state index in [0.717, 1.165) is 5.56 Å². The Bertz CT molecular complexity index is 421. The summed E-state index contributed by atoms with van der Waals surface area (Å²) < 4.78 is 0. The Morgan fingerprint density at radius 2 is 1.94 bits per heavy atom. The number of nitrogen functional groups attached to an aromatic ring is 1. The molecule has 0 aliphatic rings. The fourth-order valence-corrected chi connectivity index (χ4v) is 1.40. The molecule has 0 saturated carbocycles. The minimum absolute atomic E-state index is 0.422. The number of nitrogens with two attached hydrogens (primary N) is 2. The number of amides is 2. The van der Waals surface area contributed by atoms with Crippen LogP contribution in [-0.4, -0.2) is 29.1 Å². The molecule has 1 aromatic rings. The maximum atomic E-state index is 10.5. The zero-order valence-corrected chi connectivity index (χ0v) is 10.6. The highest BCUT2D eigenvalue weighted by Gasteiger charge is 2.08. The van der Waals surface area contributed by atoms with Crippen molar-refractivity contribution in [1.82, 2.24) is 15.3 Å². The molecule has 0 unspecified atom stereocenters. The van der Waals surface area contributed by atoms with Crippen molar-refractivity contribution in [2.75, 3.05) is 23.8 Å². The topological polar surface area (TPSA) is 131 Å². The second-order valence-electron chi connectivity index (χ2n) is 3.68. The van der Waals surface area contributed by atoms with Crippen LogP contribution in [0.15, 0.2) is 0 Å². The number of hydrogen-bond acceptors (Lipinski definition) is 6. The van der Waals surface area contributed by atoms with E-state index in [1.165, 1.54) is 0 Å². The van der Waals surface area contributed by atoms with Gasteiger partial charge in [-0.15, -0.1) is 0 Å². The van der Waals surface area contributed by atoms with Gasteiger partial charge in [0.1, 0.15) is 17.5 Å². The highest BCUT2D eigenvalue weighted by atomic mass is 16.2. The molecule has 18 heavy (non-hydrogen) atoms. The number of hydrazine groups is 1. The molecule has 0 aliphatic heterocycles. The number of hydrogen-bond donors (Lipinski definition) is 5. The van der Waals surface area contributed by atoms with E-state index in [2.05, 4.69) is 26.0 Å². The number of nitrogens with zero attached hydrogens (tertiary/aromatic N) is 2. The van der Waals surface area contributed by atoms with Crippen LogP contribution in [0.4, 0.5) is 16.4 Å². The normalized spacial score (nSPS) is 9.94. The van der Waals surface area contributed by atoms with Crippen LogP contribution in [0.1, 0.15) is 18.3 Å². The van der Waals surface area contributed by atoms with E-state index in [-0.39, 0.29) is 0 Å². The van der Waals surface area contributed by atoms with Crippen molar-refractivity contribution in [2.24, 2.45) is 11.6 Å². The Hall–Kier alpha value is -2.09. The van der Waals surface area contributed by atoms with Gasteiger partial charge in [-0.2, -0.15) is 0 Å². The molecule has 1 heterocycles. The third kappa shape index (κ3) is 3.74. The Kier molecular flexibility index (Phi) is 5.12. The number of aromatic nitrogens is 2. The van der Waals surface area contributed by atoms with E-state index in [1.54, 1.807) is 0 Å². The van der Waals surface area contributed by atoms with Crippen LogP contribution < -0.4 is 27.6 Å². The lowest BCUT2D eigenvalue weighted by molar-refractivity contribution is 0.249. The first-order valence-corrected chi connectivity index (χ1v) is 5.69. The molecule has 8 nitrogen and oxygen atoms in total. The first-order chi connectivity index (χ1) is 8.58. The average molecular weight is 253 g/mol. The average Bonchev–Trinajstić information content (AvgIpc) is 2.36. The van der Waals surface area contributed by atoms with Gasteiger partial charge in [-0.25, -0.2) is 20.6 Å². The first kappa shape index (κ1) is 14.0. The molecule has 1 aromatic heterocycles. The van der Waals surface area contributed by atoms with Crippen molar-refractivity contribution in [1.29, 1.82) is 0 Å². The van der Waals surface area contributed by atoms with E-state index in [0.29, 0.717) is 37.0 Å². The minimum Gasteiger partial charge on any atom is -0.368 e. The van der Waals surface area contributed by atoms with Gasteiger partial charge >= 0.3 is 6.03 Å². The van der Waals surface area contributed by atoms with Gasteiger partial charge in [-0.3, -0.25) is 0 Å². The van der Waals surface area contributed by atoms with Crippen LogP contribution in [0.25, 0.3) is 0 Å². The predicted molar refractivity (Wildman–Crippen MR) is 70.0 cm³/mol. The van der Waals surface area contributed by atoms with Gasteiger partial charge in [0, 0.05) is 25.1 Å². The van der Waals surface area contributed by atoms with Crippen LogP contribution in [0.5, 0.6) is 0 Å². The summed E-state index contributed by atoms with van der Waals surface area (Å²) >= 11 is 0. The third-order valence-corrected chi connectivity index (χ3v) is 2.36.